The number of aliphatic hydroxyl groups excluding tert-OH is 1. The Morgan fingerprint density at radius 2 is 1.28 bits per heavy atom. The molecule has 7 amide bonds. The van der Waals surface area contributed by atoms with E-state index >= 15 is 0 Å². The minimum atomic E-state index is -1.39. The van der Waals surface area contributed by atoms with Crippen molar-refractivity contribution in [2.24, 2.45) is 94.7 Å². The van der Waals surface area contributed by atoms with Crippen LogP contribution in [0.1, 0.15) is 133 Å². The standard InChI is InChI=1S/C48H73N11O8/c1-23(60)22-55-38(67)16-17-45(6)29(18-35(52)64)43-48(9)47(8,21-37(54)66)28(12-15-34(51)63)40(59-48)25(3)42-46(7,20-36(53)65)26(10-13-32(49)61)30(56-42)19-31-44(4,5)27(11-14-33(50)62)39(57-31)24(2)41(45)58-43/h19,23,26-29,43,56,60H,10-18,20-22H2,1-9H3,(H2,49,61)(H2,50,62)(H2,51,63)(H2,52,64)(H2,53,65)(H2,54,66)(H,55,67)/b30-19?,39-24-,42-25-. The quantitative estimate of drug-likeness (QED) is 0.0857. The Labute approximate surface area is 393 Å². The van der Waals surface area contributed by atoms with Crippen LogP contribution in [0.15, 0.2) is 49.3 Å². The average Bonchev–Trinajstić information content (AvgIpc) is 3.80. The van der Waals surface area contributed by atoms with Gasteiger partial charge < -0.3 is 50.1 Å². The van der Waals surface area contributed by atoms with E-state index in [1.165, 1.54) is 0 Å². The number of nitrogens with two attached hydrogens (primary N) is 6. The summed E-state index contributed by atoms with van der Waals surface area (Å²) in [6.07, 6.45) is 1.23. The molecule has 0 saturated carbocycles. The van der Waals surface area contributed by atoms with E-state index < -0.39 is 98.5 Å². The molecule has 368 valence electrons. The maximum atomic E-state index is 13.5. The van der Waals surface area contributed by atoms with E-state index in [0.717, 1.165) is 0 Å². The van der Waals surface area contributed by atoms with Crippen molar-refractivity contribution in [1.29, 1.82) is 0 Å². The van der Waals surface area contributed by atoms with E-state index in [2.05, 4.69) is 10.6 Å². The third-order valence-corrected chi connectivity index (χ3v) is 16.1. The molecule has 1 fully saturated rings. The second-order valence-electron chi connectivity index (χ2n) is 21.2. The predicted molar refractivity (Wildman–Crippen MR) is 254 cm³/mol. The second-order valence-corrected chi connectivity index (χ2v) is 21.2. The fourth-order valence-corrected chi connectivity index (χ4v) is 12.3. The second kappa shape index (κ2) is 19.1. The molecule has 5 aliphatic rings. The maximum Gasteiger partial charge on any atom is 0.220 e. The number of aliphatic hydroxyl groups is 1. The average molecular weight is 932 g/mol. The zero-order valence-corrected chi connectivity index (χ0v) is 40.6. The van der Waals surface area contributed by atoms with Crippen LogP contribution in [0, 0.1) is 45.3 Å². The molecule has 8 bridgehead atoms. The number of allylic oxidation sites excluding steroid dienone is 6. The minimum absolute atomic E-state index is 0.0237. The summed E-state index contributed by atoms with van der Waals surface area (Å²) < 4.78 is 0. The van der Waals surface area contributed by atoms with Crippen molar-refractivity contribution in [1.82, 2.24) is 10.6 Å². The summed E-state index contributed by atoms with van der Waals surface area (Å²) in [6, 6.07) is -0.913. The topological polar surface area (TPSA) is 357 Å². The number of nitrogens with one attached hydrogen (secondary N) is 2. The zero-order chi connectivity index (χ0) is 50.4. The lowest BCUT2D eigenvalue weighted by atomic mass is 9.55. The van der Waals surface area contributed by atoms with Crippen molar-refractivity contribution in [3.8, 4) is 0 Å². The summed E-state index contributed by atoms with van der Waals surface area (Å²) in [7, 11) is 0. The van der Waals surface area contributed by atoms with Gasteiger partial charge in [-0.25, -0.2) is 0 Å². The van der Waals surface area contributed by atoms with Crippen molar-refractivity contribution in [2.75, 3.05) is 6.54 Å². The summed E-state index contributed by atoms with van der Waals surface area (Å²) in [4.78, 5) is 108. The molecule has 0 aromatic carbocycles. The number of carbonyl (C=O) groups excluding carboxylic acids is 7. The highest BCUT2D eigenvalue weighted by atomic mass is 16.3. The van der Waals surface area contributed by atoms with Gasteiger partial charge in [0.2, 0.25) is 41.4 Å². The van der Waals surface area contributed by atoms with Gasteiger partial charge >= 0.3 is 0 Å². The zero-order valence-electron chi connectivity index (χ0n) is 40.6. The van der Waals surface area contributed by atoms with Crippen LogP contribution in [0.5, 0.6) is 0 Å². The minimum Gasteiger partial charge on any atom is -0.392 e. The van der Waals surface area contributed by atoms with Gasteiger partial charge in [-0.1, -0.05) is 34.6 Å². The van der Waals surface area contributed by atoms with Gasteiger partial charge in [0.15, 0.2) is 0 Å². The Morgan fingerprint density at radius 3 is 1.81 bits per heavy atom. The van der Waals surface area contributed by atoms with E-state index in [4.69, 9.17) is 49.4 Å². The van der Waals surface area contributed by atoms with Crippen LogP contribution >= 0.6 is 0 Å². The molecule has 0 spiro atoms. The van der Waals surface area contributed by atoms with Crippen molar-refractivity contribution in [3.05, 3.63) is 34.3 Å². The van der Waals surface area contributed by atoms with E-state index in [9.17, 15) is 38.7 Å². The number of rotatable bonds is 20. The van der Waals surface area contributed by atoms with Crippen molar-refractivity contribution >= 4 is 58.5 Å². The third-order valence-electron chi connectivity index (χ3n) is 16.1. The Hall–Kier alpha value is -5.72. The normalized spacial score (nSPS) is 34.4. The molecule has 0 aromatic heterocycles. The van der Waals surface area contributed by atoms with Crippen LogP contribution in [0.25, 0.3) is 0 Å². The molecular formula is C48H73N11O8. The largest absolute Gasteiger partial charge is 0.392 e. The molecule has 10 unspecified atom stereocenters. The molecule has 1 saturated heterocycles. The fraction of sp³-hybridized carbons (Fsp3) is 0.667. The van der Waals surface area contributed by atoms with Crippen LogP contribution in [-0.4, -0.2) is 87.8 Å². The predicted octanol–water partition coefficient (Wildman–Crippen LogP) is 1.74. The van der Waals surface area contributed by atoms with Gasteiger partial charge in [-0.2, -0.15) is 0 Å². The maximum absolute atomic E-state index is 13.5. The van der Waals surface area contributed by atoms with Crippen LogP contribution in [0.4, 0.5) is 0 Å². The Balaban J connectivity index is 2.00. The van der Waals surface area contributed by atoms with E-state index in [1.807, 2.05) is 61.5 Å². The number of carbonyl (C=O) groups is 7. The lowest BCUT2D eigenvalue weighted by molar-refractivity contribution is -0.124. The highest BCUT2D eigenvalue weighted by Gasteiger charge is 2.66. The molecule has 19 nitrogen and oxygen atoms in total. The van der Waals surface area contributed by atoms with Gasteiger partial charge in [-0.3, -0.25) is 48.5 Å². The van der Waals surface area contributed by atoms with Gasteiger partial charge in [0.25, 0.3) is 0 Å². The van der Waals surface area contributed by atoms with E-state index in [-0.39, 0.29) is 76.7 Å². The molecule has 67 heavy (non-hydrogen) atoms. The summed E-state index contributed by atoms with van der Waals surface area (Å²) in [5, 5.41) is 16.4. The summed E-state index contributed by atoms with van der Waals surface area (Å²) >= 11 is 0. The number of fused-ring (bicyclic) bond motifs is 6. The van der Waals surface area contributed by atoms with Gasteiger partial charge in [-0.05, 0) is 70.6 Å². The molecule has 0 aromatic rings. The SMILES string of the molecule is C/C1=C2/N=C(C=C3N/C(=C(/C)C4=NC(C)(C5N=C1C(C)(CCC(=O)NCC(C)O)C5CC(N)=O)C(C)(CC(N)=O)C4CCC(N)=O)C(C)(CC(N)=O)C3CCC(N)=O)C(C)(C)C2CCC(N)=O. The van der Waals surface area contributed by atoms with Crippen LogP contribution in [0.3, 0.4) is 0 Å². The van der Waals surface area contributed by atoms with Gasteiger partial charge in [0.05, 0.1) is 17.7 Å². The van der Waals surface area contributed by atoms with Crippen molar-refractivity contribution in [3.63, 3.8) is 0 Å². The smallest absolute Gasteiger partial charge is 0.220 e. The molecule has 0 radical (unpaired) electrons. The highest BCUT2D eigenvalue weighted by molar-refractivity contribution is 6.10. The van der Waals surface area contributed by atoms with Gasteiger partial charge in [-0.15, -0.1) is 0 Å². The Morgan fingerprint density at radius 1 is 0.731 bits per heavy atom. The molecule has 15 N–H and O–H groups in total. The fourth-order valence-electron chi connectivity index (χ4n) is 12.3. The summed E-state index contributed by atoms with van der Waals surface area (Å²) in [6.45, 7) is 16.9. The summed E-state index contributed by atoms with van der Waals surface area (Å²) in [5.41, 5.74) is 34.9. The number of amides is 7. The third kappa shape index (κ3) is 9.84. The number of aliphatic imine (C=N–C) groups is 3. The van der Waals surface area contributed by atoms with Gasteiger partial charge in [0.1, 0.15) is 0 Å². The Bertz CT molecular complexity index is 2310. The number of primary amides is 6. The Kier molecular flexibility index (Phi) is 14.9. The number of hydrogen-bond donors (Lipinski definition) is 9. The first-order chi connectivity index (χ1) is 30.9. The lowest BCUT2D eigenvalue weighted by Crippen LogP contribution is -2.56. The number of nitrogens with zero attached hydrogens (tertiary/aromatic N) is 3. The van der Waals surface area contributed by atoms with Gasteiger partial charge in [0, 0.05) is 131 Å². The molecule has 0 aliphatic carbocycles. The lowest BCUT2D eigenvalue weighted by Gasteiger charge is -2.48. The first-order valence-electron chi connectivity index (χ1n) is 23.3. The number of hydrogen-bond acceptors (Lipinski definition) is 12. The van der Waals surface area contributed by atoms with Crippen molar-refractivity contribution in [2.45, 2.75) is 151 Å². The molecular weight excluding hydrogens is 859 g/mol. The van der Waals surface area contributed by atoms with Crippen LogP contribution in [0.2, 0.25) is 0 Å². The highest BCUT2D eigenvalue weighted by Crippen LogP contribution is 2.62. The van der Waals surface area contributed by atoms with Crippen LogP contribution < -0.4 is 45.0 Å². The molecule has 10 atom stereocenters. The van der Waals surface area contributed by atoms with Crippen molar-refractivity contribution < 1.29 is 38.7 Å². The molecule has 5 aliphatic heterocycles. The first kappa shape index (κ1) is 52.3. The molecule has 5 heterocycles. The summed E-state index contributed by atoms with van der Waals surface area (Å²) in [5.74, 6) is -6.25. The van der Waals surface area contributed by atoms with E-state index in [1.54, 1.807) is 6.92 Å². The molecule has 19 heteroatoms. The molecule has 5 rings (SSSR count). The van der Waals surface area contributed by atoms with E-state index in [0.29, 0.717) is 51.8 Å². The first-order valence-corrected chi connectivity index (χ1v) is 23.3. The monoisotopic (exact) mass is 932 g/mol. The van der Waals surface area contributed by atoms with Crippen LogP contribution in [-0.2, 0) is 33.6 Å².